The largest absolute Gasteiger partial charge is 0.493 e. The summed E-state index contributed by atoms with van der Waals surface area (Å²) in [5.41, 5.74) is 7.71. The molecule has 0 spiro atoms. The van der Waals surface area contributed by atoms with E-state index in [-0.39, 0.29) is 29.6 Å². The lowest BCUT2D eigenvalue weighted by atomic mass is 10.1. The number of hydrogen-bond acceptors (Lipinski definition) is 7. The third-order valence-electron chi connectivity index (χ3n) is 4.03. The number of nitrogens with zero attached hydrogens (tertiary/aromatic N) is 1. The molecule has 1 unspecified atom stereocenters. The molecule has 2 heterocycles. The minimum absolute atomic E-state index is 0. The summed E-state index contributed by atoms with van der Waals surface area (Å²) in [4.78, 5) is 25.7. The lowest BCUT2D eigenvalue weighted by Gasteiger charge is -2.22. The first-order valence-electron chi connectivity index (χ1n) is 7.53. The summed E-state index contributed by atoms with van der Waals surface area (Å²) in [7, 11) is 3.13. The zero-order chi connectivity index (χ0) is 17.3. The SMILES string of the molecule is COc1cc(/C=C2\SC(=O)NC2=O)c(N2CCC(N)C2)cc1OC.Cl. The number of imide groups is 1. The Morgan fingerprint density at radius 1 is 1.28 bits per heavy atom. The predicted octanol–water partition coefficient (Wildman–Crippen LogP) is 1.99. The highest BCUT2D eigenvalue weighted by atomic mass is 35.5. The van der Waals surface area contributed by atoms with E-state index in [2.05, 4.69) is 10.2 Å². The van der Waals surface area contributed by atoms with E-state index in [4.69, 9.17) is 15.2 Å². The van der Waals surface area contributed by atoms with Crippen LogP contribution in [0.1, 0.15) is 12.0 Å². The third-order valence-corrected chi connectivity index (χ3v) is 4.84. The van der Waals surface area contributed by atoms with Crippen LogP contribution in [0.5, 0.6) is 11.5 Å². The molecule has 136 valence electrons. The molecule has 1 atom stereocenters. The van der Waals surface area contributed by atoms with Crippen molar-refractivity contribution in [2.45, 2.75) is 12.5 Å². The molecule has 2 saturated heterocycles. The Hall–Kier alpha value is -1.90. The second kappa shape index (κ2) is 7.99. The van der Waals surface area contributed by atoms with Gasteiger partial charge in [-0.15, -0.1) is 12.4 Å². The minimum atomic E-state index is -0.385. The van der Waals surface area contributed by atoms with Crippen molar-refractivity contribution in [3.8, 4) is 11.5 Å². The normalized spacial score (nSPS) is 21.3. The predicted molar refractivity (Wildman–Crippen MR) is 101 cm³/mol. The van der Waals surface area contributed by atoms with Crippen LogP contribution in [-0.2, 0) is 4.79 Å². The van der Waals surface area contributed by atoms with Crippen LogP contribution in [0.2, 0.25) is 0 Å². The lowest BCUT2D eigenvalue weighted by molar-refractivity contribution is -0.115. The Labute approximate surface area is 156 Å². The third kappa shape index (κ3) is 4.02. The molecule has 2 aliphatic heterocycles. The fraction of sp³-hybridized carbons (Fsp3) is 0.375. The molecule has 0 saturated carbocycles. The number of rotatable bonds is 4. The summed E-state index contributed by atoms with van der Waals surface area (Å²) in [5.74, 6) is 0.782. The first-order valence-corrected chi connectivity index (χ1v) is 8.35. The number of carbonyl (C=O) groups excluding carboxylic acids is 2. The lowest BCUT2D eigenvalue weighted by Crippen LogP contribution is -2.26. The van der Waals surface area contributed by atoms with Crippen LogP contribution in [0.3, 0.4) is 0 Å². The highest BCUT2D eigenvalue weighted by Crippen LogP contribution is 2.38. The Balaban J connectivity index is 0.00000225. The molecule has 3 rings (SSSR count). The topological polar surface area (TPSA) is 93.9 Å². The zero-order valence-corrected chi connectivity index (χ0v) is 15.5. The Kier molecular flexibility index (Phi) is 6.21. The van der Waals surface area contributed by atoms with Crippen molar-refractivity contribution in [1.82, 2.24) is 5.32 Å². The molecule has 2 amide bonds. The molecule has 0 aliphatic carbocycles. The molecule has 25 heavy (non-hydrogen) atoms. The van der Waals surface area contributed by atoms with Gasteiger partial charge in [-0.2, -0.15) is 0 Å². The molecule has 0 radical (unpaired) electrons. The van der Waals surface area contributed by atoms with E-state index in [0.29, 0.717) is 16.4 Å². The second-order valence-electron chi connectivity index (χ2n) is 5.61. The van der Waals surface area contributed by atoms with Gasteiger partial charge in [-0.1, -0.05) is 0 Å². The standard InChI is InChI=1S/C16H19N3O4S.ClH/c1-22-12-5-9(6-14-15(20)18-16(21)24-14)11(7-13(12)23-2)19-4-3-10(17)8-19;/h5-7,10H,3-4,8,17H2,1-2H3,(H,18,20,21);1H/b14-6-;. The van der Waals surface area contributed by atoms with Crippen molar-refractivity contribution in [2.75, 3.05) is 32.2 Å². The summed E-state index contributed by atoms with van der Waals surface area (Å²) in [6, 6.07) is 3.80. The summed E-state index contributed by atoms with van der Waals surface area (Å²) < 4.78 is 10.7. The number of halogens is 1. The summed E-state index contributed by atoms with van der Waals surface area (Å²) in [6.07, 6.45) is 2.60. The highest BCUT2D eigenvalue weighted by molar-refractivity contribution is 8.18. The van der Waals surface area contributed by atoms with E-state index >= 15 is 0 Å². The Morgan fingerprint density at radius 3 is 2.48 bits per heavy atom. The summed E-state index contributed by atoms with van der Waals surface area (Å²) in [5, 5.41) is 1.90. The van der Waals surface area contributed by atoms with Gasteiger partial charge in [-0.3, -0.25) is 14.9 Å². The second-order valence-corrected chi connectivity index (χ2v) is 6.63. The number of methoxy groups -OCH3 is 2. The summed E-state index contributed by atoms with van der Waals surface area (Å²) >= 11 is 0.890. The number of amides is 2. The van der Waals surface area contributed by atoms with E-state index in [1.165, 1.54) is 0 Å². The number of anilines is 1. The van der Waals surface area contributed by atoms with Crippen LogP contribution in [-0.4, -0.2) is 44.5 Å². The molecular weight excluding hydrogens is 366 g/mol. The number of hydrogen-bond donors (Lipinski definition) is 2. The van der Waals surface area contributed by atoms with Crippen molar-refractivity contribution in [2.24, 2.45) is 5.73 Å². The highest BCUT2D eigenvalue weighted by Gasteiger charge is 2.27. The van der Waals surface area contributed by atoms with Crippen LogP contribution >= 0.6 is 24.2 Å². The number of thioether (sulfide) groups is 1. The average Bonchev–Trinajstić information content (AvgIpc) is 3.12. The Bertz CT molecular complexity index is 726. The van der Waals surface area contributed by atoms with Crippen LogP contribution in [0.15, 0.2) is 17.0 Å². The van der Waals surface area contributed by atoms with E-state index in [1.54, 1.807) is 20.3 Å². The van der Waals surface area contributed by atoms with Crippen molar-refractivity contribution in [1.29, 1.82) is 0 Å². The van der Waals surface area contributed by atoms with Gasteiger partial charge >= 0.3 is 0 Å². The van der Waals surface area contributed by atoms with Gasteiger partial charge in [-0.25, -0.2) is 0 Å². The molecule has 1 aromatic carbocycles. The smallest absolute Gasteiger partial charge is 0.290 e. The Morgan fingerprint density at radius 2 is 1.96 bits per heavy atom. The van der Waals surface area contributed by atoms with Gasteiger partial charge in [0, 0.05) is 36.4 Å². The molecule has 9 heteroatoms. The van der Waals surface area contributed by atoms with Crippen molar-refractivity contribution < 1.29 is 19.1 Å². The van der Waals surface area contributed by atoms with Crippen molar-refractivity contribution in [3.63, 3.8) is 0 Å². The molecule has 1 aromatic rings. The quantitative estimate of drug-likeness (QED) is 0.765. The first-order chi connectivity index (χ1) is 11.5. The molecule has 2 aliphatic rings. The van der Waals surface area contributed by atoms with Crippen LogP contribution in [0, 0.1) is 0 Å². The van der Waals surface area contributed by atoms with E-state index in [1.807, 2.05) is 12.1 Å². The van der Waals surface area contributed by atoms with Crippen LogP contribution < -0.4 is 25.4 Å². The fourth-order valence-corrected chi connectivity index (χ4v) is 3.51. The van der Waals surface area contributed by atoms with E-state index < -0.39 is 0 Å². The molecule has 0 bridgehead atoms. The van der Waals surface area contributed by atoms with Crippen molar-refractivity contribution in [3.05, 3.63) is 22.6 Å². The van der Waals surface area contributed by atoms with Gasteiger partial charge < -0.3 is 20.1 Å². The van der Waals surface area contributed by atoms with Gasteiger partial charge in [0.2, 0.25) is 0 Å². The van der Waals surface area contributed by atoms with Gasteiger partial charge in [0.15, 0.2) is 11.5 Å². The molecular formula is C16H20ClN3O4S. The average molecular weight is 386 g/mol. The molecule has 7 nitrogen and oxygen atoms in total. The van der Waals surface area contributed by atoms with Crippen LogP contribution in [0.25, 0.3) is 6.08 Å². The molecule has 3 N–H and O–H groups in total. The van der Waals surface area contributed by atoms with E-state index in [0.717, 1.165) is 42.5 Å². The summed E-state index contributed by atoms with van der Waals surface area (Å²) in [6.45, 7) is 1.55. The zero-order valence-electron chi connectivity index (χ0n) is 13.9. The van der Waals surface area contributed by atoms with Gasteiger partial charge in [-0.05, 0) is 30.3 Å². The van der Waals surface area contributed by atoms with Crippen LogP contribution in [0.4, 0.5) is 10.5 Å². The number of nitrogens with two attached hydrogens (primary N) is 1. The van der Waals surface area contributed by atoms with Gasteiger partial charge in [0.1, 0.15) is 0 Å². The monoisotopic (exact) mass is 385 g/mol. The molecule has 0 aromatic heterocycles. The fourth-order valence-electron chi connectivity index (χ4n) is 2.84. The number of ether oxygens (including phenoxy) is 2. The van der Waals surface area contributed by atoms with E-state index in [9.17, 15) is 9.59 Å². The number of benzene rings is 1. The number of carbonyl (C=O) groups is 2. The first kappa shape index (κ1) is 19.4. The number of nitrogens with one attached hydrogen (secondary N) is 1. The van der Waals surface area contributed by atoms with Gasteiger partial charge in [0.25, 0.3) is 11.1 Å². The maximum Gasteiger partial charge on any atom is 0.290 e. The molecule has 2 fully saturated rings. The van der Waals surface area contributed by atoms with Crippen molar-refractivity contribution >= 4 is 47.1 Å². The maximum absolute atomic E-state index is 11.8. The maximum atomic E-state index is 11.8. The minimum Gasteiger partial charge on any atom is -0.493 e. The van der Waals surface area contributed by atoms with Gasteiger partial charge in [0.05, 0.1) is 19.1 Å².